The Morgan fingerprint density at radius 3 is 2.50 bits per heavy atom. The van der Waals surface area contributed by atoms with Crippen molar-refractivity contribution in [1.29, 1.82) is 0 Å². The van der Waals surface area contributed by atoms with Crippen LogP contribution in [0.15, 0.2) is 53.1 Å². The van der Waals surface area contributed by atoms with E-state index in [1.54, 1.807) is 30.5 Å². The van der Waals surface area contributed by atoms with E-state index in [2.05, 4.69) is 26.3 Å². The van der Waals surface area contributed by atoms with Crippen molar-refractivity contribution in [3.63, 3.8) is 0 Å². The SMILES string of the molecule is CCOC(=O)NN(C(=O)OCC)c1c(-c2ccccc2)nc2ccc(Br)cn12. The number of anilines is 1. The van der Waals surface area contributed by atoms with Crippen molar-refractivity contribution in [3.05, 3.63) is 53.1 Å². The number of pyridine rings is 1. The van der Waals surface area contributed by atoms with Crippen molar-refractivity contribution >= 4 is 39.6 Å². The minimum Gasteiger partial charge on any atom is -0.449 e. The highest BCUT2D eigenvalue weighted by molar-refractivity contribution is 9.10. The number of carbonyl (C=O) groups excluding carboxylic acids is 2. The van der Waals surface area contributed by atoms with Crippen LogP contribution in [0.3, 0.4) is 0 Å². The normalized spacial score (nSPS) is 10.5. The fourth-order valence-electron chi connectivity index (χ4n) is 2.64. The van der Waals surface area contributed by atoms with E-state index in [9.17, 15) is 9.59 Å². The Labute approximate surface area is 170 Å². The van der Waals surface area contributed by atoms with Crippen LogP contribution in [-0.2, 0) is 9.47 Å². The number of rotatable bonds is 4. The first-order valence-corrected chi connectivity index (χ1v) is 9.47. The summed E-state index contributed by atoms with van der Waals surface area (Å²) >= 11 is 3.43. The average molecular weight is 447 g/mol. The number of carbonyl (C=O) groups is 2. The van der Waals surface area contributed by atoms with Crippen LogP contribution in [0.2, 0.25) is 0 Å². The topological polar surface area (TPSA) is 85.2 Å². The molecule has 8 nitrogen and oxygen atoms in total. The molecule has 1 N–H and O–H groups in total. The summed E-state index contributed by atoms with van der Waals surface area (Å²) in [6.45, 7) is 3.66. The fourth-order valence-corrected chi connectivity index (χ4v) is 2.97. The molecule has 0 saturated heterocycles. The number of hydrogen-bond acceptors (Lipinski definition) is 5. The maximum Gasteiger partial charge on any atom is 0.435 e. The molecular weight excluding hydrogens is 428 g/mol. The standard InChI is InChI=1S/C19H19BrN4O4/c1-3-27-18(25)22-24(19(26)28-4-2)17-16(13-8-6-5-7-9-13)21-15-11-10-14(20)12-23(15)17/h5-12H,3-4H2,1-2H3,(H,22,25). The van der Waals surface area contributed by atoms with Gasteiger partial charge >= 0.3 is 12.2 Å². The van der Waals surface area contributed by atoms with Gasteiger partial charge in [0.25, 0.3) is 0 Å². The lowest BCUT2D eigenvalue weighted by Crippen LogP contribution is -2.48. The summed E-state index contributed by atoms with van der Waals surface area (Å²) in [5.74, 6) is 0.328. The summed E-state index contributed by atoms with van der Waals surface area (Å²) in [5.41, 5.74) is 4.32. The van der Waals surface area contributed by atoms with Gasteiger partial charge in [-0.25, -0.2) is 20.0 Å². The van der Waals surface area contributed by atoms with E-state index in [0.29, 0.717) is 17.2 Å². The summed E-state index contributed by atoms with van der Waals surface area (Å²) < 4.78 is 12.5. The zero-order chi connectivity index (χ0) is 20.1. The van der Waals surface area contributed by atoms with Gasteiger partial charge in [-0.2, -0.15) is 5.01 Å². The fraction of sp³-hybridized carbons (Fsp3) is 0.211. The van der Waals surface area contributed by atoms with E-state index in [1.807, 2.05) is 36.4 Å². The van der Waals surface area contributed by atoms with Gasteiger partial charge < -0.3 is 9.47 Å². The maximum absolute atomic E-state index is 12.7. The molecule has 3 aromatic rings. The molecule has 9 heteroatoms. The molecule has 0 bridgehead atoms. The highest BCUT2D eigenvalue weighted by Crippen LogP contribution is 2.32. The molecule has 2 aromatic heterocycles. The highest BCUT2D eigenvalue weighted by Gasteiger charge is 2.28. The number of imidazole rings is 1. The molecule has 0 radical (unpaired) electrons. The Balaban J connectivity index is 2.21. The van der Waals surface area contributed by atoms with Gasteiger partial charge in [-0.15, -0.1) is 0 Å². The Morgan fingerprint density at radius 2 is 1.82 bits per heavy atom. The Hall–Kier alpha value is -3.07. The summed E-state index contributed by atoms with van der Waals surface area (Å²) in [5, 5.41) is 1.01. The van der Waals surface area contributed by atoms with E-state index in [1.165, 1.54) is 0 Å². The number of amides is 2. The van der Waals surface area contributed by atoms with Crippen molar-refractivity contribution in [2.45, 2.75) is 13.8 Å². The molecular formula is C19H19BrN4O4. The summed E-state index contributed by atoms with van der Waals surface area (Å²) in [6, 6.07) is 13.0. The Morgan fingerprint density at radius 1 is 1.11 bits per heavy atom. The molecule has 0 spiro atoms. The maximum atomic E-state index is 12.7. The third-order valence-electron chi connectivity index (χ3n) is 3.75. The number of ether oxygens (including phenoxy) is 2. The molecule has 1 aromatic carbocycles. The third kappa shape index (κ3) is 4.09. The van der Waals surface area contributed by atoms with Crippen LogP contribution in [-0.4, -0.2) is 34.8 Å². The molecule has 0 fully saturated rings. The molecule has 0 saturated carbocycles. The molecule has 2 amide bonds. The van der Waals surface area contributed by atoms with E-state index in [0.717, 1.165) is 15.0 Å². The lowest BCUT2D eigenvalue weighted by molar-refractivity contribution is 0.138. The lowest BCUT2D eigenvalue weighted by atomic mass is 10.1. The van der Waals surface area contributed by atoms with Gasteiger partial charge in [-0.1, -0.05) is 30.3 Å². The monoisotopic (exact) mass is 446 g/mol. The van der Waals surface area contributed by atoms with Crippen molar-refractivity contribution in [3.8, 4) is 11.3 Å². The summed E-state index contributed by atoms with van der Waals surface area (Å²) in [6.07, 6.45) is 0.220. The van der Waals surface area contributed by atoms with Crippen LogP contribution in [0.4, 0.5) is 15.4 Å². The van der Waals surface area contributed by atoms with Crippen LogP contribution in [0.5, 0.6) is 0 Å². The number of halogens is 1. The Bertz CT molecular complexity index is 990. The molecule has 0 aliphatic rings. The molecule has 0 aliphatic carbocycles. The number of benzene rings is 1. The zero-order valence-corrected chi connectivity index (χ0v) is 17.0. The number of hydrogen-bond donors (Lipinski definition) is 1. The van der Waals surface area contributed by atoms with E-state index < -0.39 is 12.2 Å². The first-order valence-electron chi connectivity index (χ1n) is 8.68. The lowest BCUT2D eigenvalue weighted by Gasteiger charge is -2.22. The summed E-state index contributed by atoms with van der Waals surface area (Å²) in [4.78, 5) is 29.4. The zero-order valence-electron chi connectivity index (χ0n) is 15.4. The van der Waals surface area contributed by atoms with Gasteiger partial charge in [-0.3, -0.25) is 4.40 Å². The largest absolute Gasteiger partial charge is 0.449 e. The van der Waals surface area contributed by atoms with Gasteiger partial charge in [0.15, 0.2) is 5.82 Å². The first-order chi connectivity index (χ1) is 13.5. The van der Waals surface area contributed by atoms with Crippen LogP contribution in [0.25, 0.3) is 16.9 Å². The molecule has 28 heavy (non-hydrogen) atoms. The minimum atomic E-state index is -0.778. The predicted octanol–water partition coefficient (Wildman–Crippen LogP) is 4.39. The number of nitrogens with zero attached hydrogens (tertiary/aromatic N) is 3. The first kappa shape index (κ1) is 19.7. The number of aromatic nitrogens is 2. The number of hydrazine groups is 1. The van der Waals surface area contributed by atoms with Crippen LogP contribution in [0, 0.1) is 0 Å². The van der Waals surface area contributed by atoms with Gasteiger partial charge in [0.05, 0.1) is 13.2 Å². The van der Waals surface area contributed by atoms with Crippen LogP contribution < -0.4 is 10.4 Å². The molecule has 3 rings (SSSR count). The molecule has 146 valence electrons. The summed E-state index contributed by atoms with van der Waals surface area (Å²) in [7, 11) is 0. The van der Waals surface area contributed by atoms with Crippen molar-refractivity contribution in [1.82, 2.24) is 14.8 Å². The van der Waals surface area contributed by atoms with E-state index >= 15 is 0 Å². The van der Waals surface area contributed by atoms with Gasteiger partial charge in [0.1, 0.15) is 11.3 Å². The second-order valence-electron chi connectivity index (χ2n) is 5.59. The van der Waals surface area contributed by atoms with Gasteiger partial charge in [0.2, 0.25) is 0 Å². The molecule has 0 atom stereocenters. The second-order valence-corrected chi connectivity index (χ2v) is 6.51. The van der Waals surface area contributed by atoms with E-state index in [4.69, 9.17) is 9.47 Å². The third-order valence-corrected chi connectivity index (χ3v) is 4.21. The number of nitrogens with one attached hydrogen (secondary N) is 1. The molecule has 0 aliphatic heterocycles. The Kier molecular flexibility index (Phi) is 6.15. The van der Waals surface area contributed by atoms with Gasteiger partial charge in [0, 0.05) is 16.2 Å². The molecule has 2 heterocycles. The van der Waals surface area contributed by atoms with Crippen molar-refractivity contribution < 1.29 is 19.1 Å². The smallest absolute Gasteiger partial charge is 0.435 e. The van der Waals surface area contributed by atoms with Crippen molar-refractivity contribution in [2.24, 2.45) is 0 Å². The predicted molar refractivity (Wildman–Crippen MR) is 108 cm³/mol. The average Bonchev–Trinajstić information content (AvgIpc) is 3.05. The van der Waals surface area contributed by atoms with Crippen LogP contribution in [0.1, 0.15) is 13.8 Å². The second kappa shape index (κ2) is 8.75. The molecule has 0 unspecified atom stereocenters. The van der Waals surface area contributed by atoms with Crippen LogP contribution >= 0.6 is 15.9 Å². The van der Waals surface area contributed by atoms with Crippen molar-refractivity contribution in [2.75, 3.05) is 18.2 Å². The quantitative estimate of drug-likeness (QED) is 0.600. The highest BCUT2D eigenvalue weighted by atomic mass is 79.9. The van der Waals surface area contributed by atoms with E-state index in [-0.39, 0.29) is 13.2 Å². The minimum absolute atomic E-state index is 0.140. The van der Waals surface area contributed by atoms with Gasteiger partial charge in [-0.05, 0) is 41.9 Å². The number of fused-ring (bicyclic) bond motifs is 1.